The Bertz CT molecular complexity index is 625. The molecule has 1 amide bonds. The number of carbonyl (C=O) groups excluding carboxylic acids is 2. The van der Waals surface area contributed by atoms with Gasteiger partial charge in [0.2, 0.25) is 5.78 Å². The Morgan fingerprint density at radius 2 is 1.55 bits per heavy atom. The molecule has 4 nitrogen and oxygen atoms in total. The molecule has 0 spiro atoms. The van der Waals surface area contributed by atoms with E-state index in [0.717, 1.165) is 5.56 Å². The van der Waals surface area contributed by atoms with Crippen molar-refractivity contribution in [1.82, 2.24) is 5.32 Å². The smallest absolute Gasteiger partial charge is 0.408 e. The topological polar surface area (TPSA) is 55.4 Å². The van der Waals surface area contributed by atoms with Crippen LogP contribution < -0.4 is 5.32 Å². The second-order valence-corrected chi connectivity index (χ2v) is 4.59. The van der Waals surface area contributed by atoms with Gasteiger partial charge in [-0.2, -0.15) is 0 Å². The second-order valence-electron chi connectivity index (χ2n) is 4.59. The molecule has 1 aliphatic heterocycles. The van der Waals surface area contributed by atoms with Gasteiger partial charge in [-0.15, -0.1) is 0 Å². The van der Waals surface area contributed by atoms with E-state index < -0.39 is 18.2 Å². The van der Waals surface area contributed by atoms with Crippen LogP contribution in [0.3, 0.4) is 0 Å². The molecule has 0 aromatic heterocycles. The molecule has 0 unspecified atom stereocenters. The molecule has 1 heterocycles. The quantitative estimate of drug-likeness (QED) is 0.870. The van der Waals surface area contributed by atoms with Crippen molar-refractivity contribution in [3.8, 4) is 0 Å². The van der Waals surface area contributed by atoms with Crippen molar-refractivity contribution in [2.75, 3.05) is 0 Å². The number of Topliss-reactive ketones (excluding diaryl/α,β-unsaturated/α-hetero) is 1. The van der Waals surface area contributed by atoms with Gasteiger partial charge in [-0.3, -0.25) is 4.79 Å². The minimum absolute atomic E-state index is 0.196. The highest BCUT2D eigenvalue weighted by atomic mass is 16.6. The highest BCUT2D eigenvalue weighted by Crippen LogP contribution is 2.27. The van der Waals surface area contributed by atoms with E-state index in [0.29, 0.717) is 5.56 Å². The predicted octanol–water partition coefficient (Wildman–Crippen LogP) is 2.72. The first-order valence-corrected chi connectivity index (χ1v) is 6.37. The van der Waals surface area contributed by atoms with Crippen LogP contribution in [0.25, 0.3) is 0 Å². The van der Waals surface area contributed by atoms with E-state index in [9.17, 15) is 9.59 Å². The minimum atomic E-state index is -0.827. The third kappa shape index (κ3) is 2.28. The van der Waals surface area contributed by atoms with E-state index >= 15 is 0 Å². The molecule has 100 valence electrons. The molecule has 0 saturated carbocycles. The summed E-state index contributed by atoms with van der Waals surface area (Å²) in [6.45, 7) is 0. The number of nitrogens with one attached hydrogen (secondary N) is 1. The first kappa shape index (κ1) is 12.4. The molecule has 1 N–H and O–H groups in total. The molecule has 1 fully saturated rings. The summed E-state index contributed by atoms with van der Waals surface area (Å²) in [5, 5.41) is 2.69. The van der Waals surface area contributed by atoms with Gasteiger partial charge < -0.3 is 10.1 Å². The zero-order valence-corrected chi connectivity index (χ0v) is 10.7. The zero-order chi connectivity index (χ0) is 13.9. The lowest BCUT2D eigenvalue weighted by Crippen LogP contribution is -2.29. The highest BCUT2D eigenvalue weighted by Gasteiger charge is 2.40. The maximum absolute atomic E-state index is 12.5. The van der Waals surface area contributed by atoms with Crippen LogP contribution in [0, 0.1) is 0 Å². The molecule has 0 bridgehead atoms. The Morgan fingerprint density at radius 3 is 2.20 bits per heavy atom. The summed E-state index contributed by atoms with van der Waals surface area (Å²) >= 11 is 0. The van der Waals surface area contributed by atoms with Gasteiger partial charge in [-0.1, -0.05) is 60.7 Å². The van der Waals surface area contributed by atoms with Gasteiger partial charge in [0.05, 0.1) is 0 Å². The normalized spacial score (nSPS) is 21.1. The molecule has 3 rings (SSSR count). The van der Waals surface area contributed by atoms with Gasteiger partial charge in [0.15, 0.2) is 6.10 Å². The van der Waals surface area contributed by atoms with E-state index in [1.54, 1.807) is 24.3 Å². The molecule has 1 aliphatic rings. The molecule has 2 aromatic carbocycles. The lowest BCUT2D eigenvalue weighted by molar-refractivity contribution is 0.0721. The number of cyclic esters (lactones) is 1. The van der Waals surface area contributed by atoms with Crippen LogP contribution in [-0.2, 0) is 4.74 Å². The maximum atomic E-state index is 12.5. The average Bonchev–Trinajstić information content (AvgIpc) is 2.90. The number of hydrogen-bond donors (Lipinski definition) is 1. The third-order valence-corrected chi connectivity index (χ3v) is 3.29. The molecular weight excluding hydrogens is 254 g/mol. The number of rotatable bonds is 3. The number of ether oxygens (including phenoxy) is 1. The minimum Gasteiger partial charge on any atom is -0.435 e. The largest absolute Gasteiger partial charge is 0.435 e. The fourth-order valence-corrected chi connectivity index (χ4v) is 2.31. The number of ketones is 1. The van der Waals surface area contributed by atoms with Gasteiger partial charge in [-0.25, -0.2) is 4.79 Å². The van der Waals surface area contributed by atoms with Crippen molar-refractivity contribution < 1.29 is 14.3 Å². The fourth-order valence-electron chi connectivity index (χ4n) is 2.31. The summed E-state index contributed by atoms with van der Waals surface area (Å²) in [6.07, 6.45) is -1.39. The molecule has 2 atom stereocenters. The Hall–Kier alpha value is -2.62. The van der Waals surface area contributed by atoms with Crippen molar-refractivity contribution in [3.05, 3.63) is 71.8 Å². The first-order chi connectivity index (χ1) is 9.75. The number of amides is 1. The first-order valence-electron chi connectivity index (χ1n) is 6.37. The lowest BCUT2D eigenvalue weighted by Gasteiger charge is -2.16. The van der Waals surface area contributed by atoms with E-state index in [4.69, 9.17) is 4.74 Å². The number of alkyl carbamates (subject to hydrolysis) is 1. The predicted molar refractivity (Wildman–Crippen MR) is 73.4 cm³/mol. The van der Waals surface area contributed by atoms with Gasteiger partial charge in [0.1, 0.15) is 6.04 Å². The fraction of sp³-hybridized carbons (Fsp3) is 0.125. The van der Waals surface area contributed by atoms with Crippen LogP contribution in [0.2, 0.25) is 0 Å². The number of benzene rings is 2. The van der Waals surface area contributed by atoms with Crippen LogP contribution in [0.1, 0.15) is 22.0 Å². The Balaban J connectivity index is 1.91. The van der Waals surface area contributed by atoms with E-state index in [2.05, 4.69) is 5.32 Å². The van der Waals surface area contributed by atoms with E-state index in [-0.39, 0.29) is 5.78 Å². The second kappa shape index (κ2) is 5.17. The molecular formula is C16H13NO3. The van der Waals surface area contributed by atoms with Gasteiger partial charge in [0, 0.05) is 5.56 Å². The average molecular weight is 267 g/mol. The standard InChI is InChI=1S/C16H13NO3/c18-14(12-9-5-2-6-10-12)15-13(17-16(19)20-15)11-7-3-1-4-8-11/h1-10,13,15H,(H,17,19)/t13-,15+/m1/s1. The van der Waals surface area contributed by atoms with Crippen molar-refractivity contribution in [2.45, 2.75) is 12.1 Å². The summed E-state index contributed by atoms with van der Waals surface area (Å²) in [5.41, 5.74) is 1.39. The Labute approximate surface area is 116 Å². The van der Waals surface area contributed by atoms with E-state index in [1.165, 1.54) is 0 Å². The summed E-state index contributed by atoms with van der Waals surface area (Å²) in [6, 6.07) is 17.7. The van der Waals surface area contributed by atoms with Crippen molar-refractivity contribution >= 4 is 11.9 Å². The van der Waals surface area contributed by atoms with Crippen LogP contribution in [0.15, 0.2) is 60.7 Å². The Morgan fingerprint density at radius 1 is 0.950 bits per heavy atom. The van der Waals surface area contributed by atoms with E-state index in [1.807, 2.05) is 36.4 Å². The van der Waals surface area contributed by atoms with Gasteiger partial charge in [0.25, 0.3) is 0 Å². The third-order valence-electron chi connectivity index (χ3n) is 3.29. The van der Waals surface area contributed by atoms with Crippen LogP contribution >= 0.6 is 0 Å². The monoisotopic (exact) mass is 267 g/mol. The van der Waals surface area contributed by atoms with Gasteiger partial charge in [-0.05, 0) is 5.56 Å². The summed E-state index contributed by atoms with van der Waals surface area (Å²) in [5.74, 6) is -0.196. The van der Waals surface area contributed by atoms with Crippen LogP contribution in [0.4, 0.5) is 4.79 Å². The molecule has 2 aromatic rings. The summed E-state index contributed by atoms with van der Waals surface area (Å²) in [4.78, 5) is 23.9. The molecule has 0 aliphatic carbocycles. The van der Waals surface area contributed by atoms with Crippen molar-refractivity contribution in [2.24, 2.45) is 0 Å². The van der Waals surface area contributed by atoms with Crippen LogP contribution in [-0.4, -0.2) is 18.0 Å². The lowest BCUT2D eigenvalue weighted by atomic mass is 9.96. The number of hydrogen-bond acceptors (Lipinski definition) is 3. The molecule has 0 radical (unpaired) electrons. The summed E-state index contributed by atoms with van der Waals surface area (Å²) < 4.78 is 5.14. The van der Waals surface area contributed by atoms with Crippen molar-refractivity contribution in [1.29, 1.82) is 0 Å². The molecule has 4 heteroatoms. The van der Waals surface area contributed by atoms with Gasteiger partial charge >= 0.3 is 6.09 Å². The zero-order valence-electron chi connectivity index (χ0n) is 10.7. The van der Waals surface area contributed by atoms with Crippen molar-refractivity contribution in [3.63, 3.8) is 0 Å². The SMILES string of the molecule is O=C1N[C@H](c2ccccc2)[C@@H](C(=O)c2ccccc2)O1. The molecule has 20 heavy (non-hydrogen) atoms. The summed E-state index contributed by atoms with van der Waals surface area (Å²) in [7, 11) is 0. The Kier molecular flexibility index (Phi) is 3.21. The highest BCUT2D eigenvalue weighted by molar-refractivity contribution is 6.02. The maximum Gasteiger partial charge on any atom is 0.408 e. The molecule has 1 saturated heterocycles. The number of carbonyl (C=O) groups is 2. The van der Waals surface area contributed by atoms with Crippen LogP contribution in [0.5, 0.6) is 0 Å².